The Labute approximate surface area is 158 Å². The van der Waals surface area contributed by atoms with Gasteiger partial charge in [-0.2, -0.15) is 18.4 Å². The monoisotopic (exact) mass is 396 g/mol. The Balaban J connectivity index is 2.35. The summed E-state index contributed by atoms with van der Waals surface area (Å²) in [6.07, 6.45) is -4.32. The molecule has 0 saturated carbocycles. The lowest BCUT2D eigenvalue weighted by molar-refractivity contribution is -0.137. The van der Waals surface area contributed by atoms with Crippen LogP contribution in [0.25, 0.3) is 0 Å². The van der Waals surface area contributed by atoms with Gasteiger partial charge < -0.3 is 9.47 Å². The van der Waals surface area contributed by atoms with E-state index in [4.69, 9.17) is 9.47 Å². The van der Waals surface area contributed by atoms with E-state index >= 15 is 0 Å². The number of pyridine rings is 1. The number of aromatic nitrogens is 1. The van der Waals surface area contributed by atoms with Crippen LogP contribution in [0.3, 0.4) is 0 Å². The van der Waals surface area contributed by atoms with Gasteiger partial charge in [-0.25, -0.2) is 14.2 Å². The van der Waals surface area contributed by atoms with E-state index < -0.39 is 30.1 Å². The fourth-order valence-corrected chi connectivity index (χ4v) is 2.39. The number of hydrogen-bond donors (Lipinski definition) is 0. The topological polar surface area (TPSA) is 72.2 Å². The summed E-state index contributed by atoms with van der Waals surface area (Å²) in [4.78, 5) is 16.1. The second-order valence-electron chi connectivity index (χ2n) is 5.61. The number of halogens is 4. The van der Waals surface area contributed by atoms with Crippen molar-refractivity contribution in [1.29, 1.82) is 5.26 Å². The minimum absolute atomic E-state index is 0.0958. The molecule has 0 amide bonds. The molecule has 1 aromatic heterocycles. The van der Waals surface area contributed by atoms with Crippen LogP contribution in [0.4, 0.5) is 17.6 Å². The predicted octanol–water partition coefficient (Wildman–Crippen LogP) is 4.43. The molecule has 1 aromatic carbocycles. The number of nitrogens with zero attached hydrogens (tertiary/aromatic N) is 2. The number of carbonyl (C=O) groups is 1. The van der Waals surface area contributed by atoms with E-state index in [0.29, 0.717) is 24.6 Å². The fourth-order valence-electron chi connectivity index (χ4n) is 2.39. The molecule has 1 heterocycles. The van der Waals surface area contributed by atoms with Gasteiger partial charge in [-0.05, 0) is 37.6 Å². The number of nitriles is 1. The number of alkyl halides is 3. The average Bonchev–Trinajstić information content (AvgIpc) is 2.65. The standard InChI is InChI=1S/C19H16F4N2O3/c1-3-16-14(18(26)27-4-2)8-11(9-24)17(25-16)28-10-12-7-13(19(21,22)23)5-6-15(12)20/h5-8H,3-4,10H2,1-2H3. The maximum Gasteiger partial charge on any atom is 0.416 e. The molecule has 0 saturated heterocycles. The van der Waals surface area contributed by atoms with Crippen LogP contribution < -0.4 is 4.74 Å². The Morgan fingerprint density at radius 3 is 2.54 bits per heavy atom. The van der Waals surface area contributed by atoms with Crippen LogP contribution in [-0.2, 0) is 23.9 Å². The molecule has 2 rings (SSSR count). The average molecular weight is 396 g/mol. The second-order valence-corrected chi connectivity index (χ2v) is 5.61. The lowest BCUT2D eigenvalue weighted by atomic mass is 10.1. The maximum atomic E-state index is 13.8. The Morgan fingerprint density at radius 2 is 1.96 bits per heavy atom. The molecule has 148 valence electrons. The lowest BCUT2D eigenvalue weighted by Crippen LogP contribution is -2.12. The smallest absolute Gasteiger partial charge is 0.416 e. The van der Waals surface area contributed by atoms with Gasteiger partial charge >= 0.3 is 12.1 Å². The van der Waals surface area contributed by atoms with Crippen LogP contribution in [0, 0.1) is 17.1 Å². The highest BCUT2D eigenvalue weighted by atomic mass is 19.4. The highest BCUT2D eigenvalue weighted by molar-refractivity contribution is 5.91. The first-order valence-electron chi connectivity index (χ1n) is 8.30. The third-order valence-electron chi connectivity index (χ3n) is 3.75. The maximum absolute atomic E-state index is 13.8. The van der Waals surface area contributed by atoms with Crippen LogP contribution in [0.2, 0.25) is 0 Å². The predicted molar refractivity (Wildman–Crippen MR) is 90.0 cm³/mol. The number of carbonyl (C=O) groups excluding carboxylic acids is 1. The molecule has 0 N–H and O–H groups in total. The van der Waals surface area contributed by atoms with Gasteiger partial charge in [0.2, 0.25) is 5.88 Å². The third-order valence-corrected chi connectivity index (χ3v) is 3.75. The highest BCUT2D eigenvalue weighted by Gasteiger charge is 2.31. The number of hydrogen-bond acceptors (Lipinski definition) is 5. The zero-order valence-electron chi connectivity index (χ0n) is 15.1. The zero-order valence-corrected chi connectivity index (χ0v) is 15.1. The van der Waals surface area contributed by atoms with Crippen molar-refractivity contribution in [2.75, 3.05) is 6.61 Å². The largest absolute Gasteiger partial charge is 0.472 e. The van der Waals surface area contributed by atoms with Crippen molar-refractivity contribution in [2.24, 2.45) is 0 Å². The molecule has 0 radical (unpaired) electrons. The number of rotatable bonds is 6. The number of benzene rings is 1. The number of ether oxygens (including phenoxy) is 2. The molecule has 0 atom stereocenters. The lowest BCUT2D eigenvalue weighted by Gasteiger charge is -2.13. The minimum Gasteiger partial charge on any atom is -0.472 e. The van der Waals surface area contributed by atoms with Gasteiger partial charge in [0.1, 0.15) is 24.1 Å². The van der Waals surface area contributed by atoms with Gasteiger partial charge in [-0.15, -0.1) is 0 Å². The van der Waals surface area contributed by atoms with E-state index in [2.05, 4.69) is 4.98 Å². The molecule has 5 nitrogen and oxygen atoms in total. The van der Waals surface area contributed by atoms with Gasteiger partial charge in [0.25, 0.3) is 0 Å². The first kappa shape index (κ1) is 21.2. The van der Waals surface area contributed by atoms with Crippen LogP contribution >= 0.6 is 0 Å². The molecular weight excluding hydrogens is 380 g/mol. The van der Waals surface area contributed by atoms with Crippen molar-refractivity contribution < 1.29 is 31.8 Å². The van der Waals surface area contributed by atoms with E-state index in [1.165, 1.54) is 6.07 Å². The molecule has 0 aliphatic rings. The third kappa shape index (κ3) is 4.76. The molecule has 0 fully saturated rings. The molecule has 0 bridgehead atoms. The van der Waals surface area contributed by atoms with E-state index in [1.807, 2.05) is 0 Å². The highest BCUT2D eigenvalue weighted by Crippen LogP contribution is 2.31. The summed E-state index contributed by atoms with van der Waals surface area (Å²) >= 11 is 0. The van der Waals surface area contributed by atoms with Crippen molar-refractivity contribution in [2.45, 2.75) is 33.1 Å². The molecule has 0 aliphatic heterocycles. The van der Waals surface area contributed by atoms with Gasteiger partial charge in [-0.1, -0.05) is 6.92 Å². The number of aryl methyl sites for hydroxylation is 1. The Kier molecular flexibility index (Phi) is 6.57. The SMILES string of the molecule is CCOC(=O)c1cc(C#N)c(OCc2cc(C(F)(F)F)ccc2F)nc1CC. The van der Waals surface area contributed by atoms with Crippen LogP contribution in [0.1, 0.15) is 46.6 Å². The summed E-state index contributed by atoms with van der Waals surface area (Å²) in [7, 11) is 0. The molecule has 0 unspecified atom stereocenters. The Morgan fingerprint density at radius 1 is 1.25 bits per heavy atom. The molecular formula is C19H16F4N2O3. The van der Waals surface area contributed by atoms with Gasteiger partial charge in [0.05, 0.1) is 23.4 Å². The van der Waals surface area contributed by atoms with Gasteiger partial charge in [-0.3, -0.25) is 0 Å². The molecule has 0 aliphatic carbocycles. The van der Waals surface area contributed by atoms with Crippen LogP contribution in [-0.4, -0.2) is 17.6 Å². The molecule has 2 aromatic rings. The first-order valence-corrected chi connectivity index (χ1v) is 8.30. The minimum atomic E-state index is -4.63. The van der Waals surface area contributed by atoms with Gasteiger partial charge in [0, 0.05) is 5.56 Å². The summed E-state index contributed by atoms with van der Waals surface area (Å²) in [6.45, 7) is 2.91. The van der Waals surface area contributed by atoms with Crippen molar-refractivity contribution in [3.8, 4) is 11.9 Å². The first-order chi connectivity index (χ1) is 13.2. The van der Waals surface area contributed by atoms with Crippen molar-refractivity contribution in [1.82, 2.24) is 4.98 Å². The van der Waals surface area contributed by atoms with Crippen molar-refractivity contribution >= 4 is 5.97 Å². The molecule has 0 spiro atoms. The summed E-state index contributed by atoms with van der Waals surface area (Å²) in [6, 6.07) is 5.00. The van der Waals surface area contributed by atoms with Crippen LogP contribution in [0.5, 0.6) is 5.88 Å². The normalized spacial score (nSPS) is 11.0. The molecule has 28 heavy (non-hydrogen) atoms. The van der Waals surface area contributed by atoms with Crippen molar-refractivity contribution in [3.63, 3.8) is 0 Å². The summed E-state index contributed by atoms with van der Waals surface area (Å²) in [5.74, 6) is -1.74. The number of esters is 1. The summed E-state index contributed by atoms with van der Waals surface area (Å²) in [5, 5.41) is 9.28. The zero-order chi connectivity index (χ0) is 20.9. The van der Waals surface area contributed by atoms with Crippen molar-refractivity contribution in [3.05, 3.63) is 58.0 Å². The Bertz CT molecular complexity index is 921. The van der Waals surface area contributed by atoms with Gasteiger partial charge in [0.15, 0.2) is 0 Å². The van der Waals surface area contributed by atoms with E-state index in [-0.39, 0.29) is 34.9 Å². The quantitative estimate of drug-likeness (QED) is 0.534. The van der Waals surface area contributed by atoms with E-state index in [9.17, 15) is 27.6 Å². The summed E-state index contributed by atoms with van der Waals surface area (Å²) in [5.41, 5.74) is -1.09. The van der Waals surface area contributed by atoms with Crippen LogP contribution in [0.15, 0.2) is 24.3 Å². The molecule has 9 heteroatoms. The second kappa shape index (κ2) is 8.69. The van der Waals surface area contributed by atoms with E-state index in [0.717, 1.165) is 0 Å². The Hall–Kier alpha value is -3.15. The van der Waals surface area contributed by atoms with E-state index in [1.54, 1.807) is 19.9 Å². The fraction of sp³-hybridized carbons (Fsp3) is 0.316. The summed E-state index contributed by atoms with van der Waals surface area (Å²) < 4.78 is 62.5.